The molecule has 0 aliphatic rings. The van der Waals surface area contributed by atoms with Gasteiger partial charge in [-0.05, 0) is 43.3 Å². The molecular weight excluding hydrogens is 292 g/mol. The molecule has 0 atom stereocenters. The van der Waals surface area contributed by atoms with Gasteiger partial charge in [-0.25, -0.2) is 8.42 Å². The first-order chi connectivity index (χ1) is 9.51. The van der Waals surface area contributed by atoms with Gasteiger partial charge in [0.15, 0.2) is 0 Å². The molecule has 1 aromatic heterocycles. The smallest absolute Gasteiger partial charge is 0.271 e. The van der Waals surface area contributed by atoms with Crippen molar-refractivity contribution in [3.63, 3.8) is 0 Å². The molecule has 4 nitrogen and oxygen atoms in total. The van der Waals surface area contributed by atoms with Gasteiger partial charge in [0.25, 0.3) is 10.0 Å². The van der Waals surface area contributed by atoms with Gasteiger partial charge in [-0.1, -0.05) is 19.1 Å². The molecule has 20 heavy (non-hydrogen) atoms. The molecule has 1 heterocycles. The molecule has 0 saturated heterocycles. The third-order valence-electron chi connectivity index (χ3n) is 2.72. The molecule has 0 bridgehead atoms. The predicted molar refractivity (Wildman–Crippen MR) is 83.7 cm³/mol. The van der Waals surface area contributed by atoms with E-state index < -0.39 is 10.0 Å². The van der Waals surface area contributed by atoms with Crippen molar-refractivity contribution >= 4 is 27.0 Å². The highest BCUT2D eigenvalue weighted by atomic mass is 32.2. The van der Waals surface area contributed by atoms with Crippen LogP contribution >= 0.6 is 11.3 Å². The standard InChI is InChI=1S/C14H18N2O2S2/c1-3-15-10-13-7-8-14(19-13)20(17,18)16-12-6-4-5-11(2)9-12/h4-9,15-16H,3,10H2,1-2H3. The molecule has 0 aliphatic heterocycles. The maximum atomic E-state index is 12.3. The van der Waals surface area contributed by atoms with Crippen molar-refractivity contribution in [2.75, 3.05) is 11.3 Å². The fourth-order valence-corrected chi connectivity index (χ4v) is 4.13. The summed E-state index contributed by atoms with van der Waals surface area (Å²) >= 11 is 1.29. The van der Waals surface area contributed by atoms with E-state index >= 15 is 0 Å². The van der Waals surface area contributed by atoms with E-state index in [-0.39, 0.29) is 0 Å². The zero-order valence-corrected chi connectivity index (χ0v) is 13.1. The van der Waals surface area contributed by atoms with E-state index in [0.717, 1.165) is 17.0 Å². The Morgan fingerprint density at radius 2 is 2.00 bits per heavy atom. The minimum atomic E-state index is -3.49. The van der Waals surface area contributed by atoms with E-state index in [1.54, 1.807) is 12.1 Å². The number of rotatable bonds is 6. The summed E-state index contributed by atoms with van der Waals surface area (Å²) in [6.07, 6.45) is 0. The van der Waals surface area contributed by atoms with E-state index in [0.29, 0.717) is 16.4 Å². The molecule has 108 valence electrons. The molecule has 2 aromatic rings. The summed E-state index contributed by atoms with van der Waals surface area (Å²) in [5.41, 5.74) is 1.61. The Bertz CT molecular complexity index is 678. The molecule has 0 aliphatic carbocycles. The first kappa shape index (κ1) is 15.0. The zero-order chi connectivity index (χ0) is 14.6. The van der Waals surface area contributed by atoms with Gasteiger partial charge in [0, 0.05) is 17.1 Å². The van der Waals surface area contributed by atoms with Crippen LogP contribution in [0.5, 0.6) is 0 Å². The normalized spacial score (nSPS) is 11.5. The number of hydrogen-bond acceptors (Lipinski definition) is 4. The quantitative estimate of drug-likeness (QED) is 0.862. The van der Waals surface area contributed by atoms with E-state index in [2.05, 4.69) is 10.0 Å². The molecule has 0 saturated carbocycles. The molecule has 2 rings (SSSR count). The van der Waals surface area contributed by atoms with Crippen LogP contribution in [0.3, 0.4) is 0 Å². The van der Waals surface area contributed by atoms with Crippen LogP contribution in [0.1, 0.15) is 17.4 Å². The van der Waals surface area contributed by atoms with E-state index in [4.69, 9.17) is 0 Å². The lowest BCUT2D eigenvalue weighted by atomic mass is 10.2. The van der Waals surface area contributed by atoms with Crippen LogP contribution < -0.4 is 10.0 Å². The summed E-state index contributed by atoms with van der Waals surface area (Å²) in [4.78, 5) is 1.01. The Hall–Kier alpha value is -1.37. The number of benzene rings is 1. The number of thiophene rings is 1. The van der Waals surface area contributed by atoms with Gasteiger partial charge in [-0.15, -0.1) is 11.3 Å². The Morgan fingerprint density at radius 1 is 1.20 bits per heavy atom. The summed E-state index contributed by atoms with van der Waals surface area (Å²) < 4.78 is 27.5. The Morgan fingerprint density at radius 3 is 2.70 bits per heavy atom. The fourth-order valence-electron chi connectivity index (χ4n) is 1.76. The Kier molecular flexibility index (Phi) is 4.80. The molecule has 0 radical (unpaired) electrons. The van der Waals surface area contributed by atoms with Crippen LogP contribution in [-0.2, 0) is 16.6 Å². The monoisotopic (exact) mass is 310 g/mol. The maximum Gasteiger partial charge on any atom is 0.271 e. The SMILES string of the molecule is CCNCc1ccc(S(=O)(=O)Nc2cccc(C)c2)s1. The lowest BCUT2D eigenvalue weighted by Crippen LogP contribution is -2.11. The summed E-state index contributed by atoms with van der Waals surface area (Å²) in [6.45, 7) is 5.50. The minimum absolute atomic E-state index is 0.340. The number of sulfonamides is 1. The second kappa shape index (κ2) is 6.39. The summed E-state index contributed by atoms with van der Waals surface area (Å²) in [6, 6.07) is 10.8. The van der Waals surface area contributed by atoms with Crippen molar-refractivity contribution in [3.05, 3.63) is 46.8 Å². The highest BCUT2D eigenvalue weighted by Gasteiger charge is 2.16. The molecule has 0 unspecified atom stereocenters. The largest absolute Gasteiger partial charge is 0.312 e. The Balaban J connectivity index is 2.16. The average Bonchev–Trinajstić information content (AvgIpc) is 2.85. The molecule has 6 heteroatoms. The van der Waals surface area contributed by atoms with Gasteiger partial charge in [-0.2, -0.15) is 0 Å². The van der Waals surface area contributed by atoms with E-state index in [1.807, 2.05) is 38.1 Å². The fraction of sp³-hybridized carbons (Fsp3) is 0.286. The molecular formula is C14H18N2O2S2. The van der Waals surface area contributed by atoms with Crippen LogP contribution in [0.2, 0.25) is 0 Å². The van der Waals surface area contributed by atoms with Crippen molar-refractivity contribution < 1.29 is 8.42 Å². The number of hydrogen-bond donors (Lipinski definition) is 2. The van der Waals surface area contributed by atoms with Crippen LogP contribution in [0, 0.1) is 6.92 Å². The second-order valence-corrected chi connectivity index (χ2v) is 7.55. The second-order valence-electron chi connectivity index (χ2n) is 4.48. The van der Waals surface area contributed by atoms with Crippen LogP contribution in [0.25, 0.3) is 0 Å². The van der Waals surface area contributed by atoms with Crippen molar-refractivity contribution in [2.24, 2.45) is 0 Å². The third-order valence-corrected chi connectivity index (χ3v) is 5.68. The van der Waals surface area contributed by atoms with Crippen molar-refractivity contribution in [3.8, 4) is 0 Å². The molecule has 1 aromatic carbocycles. The first-order valence-corrected chi connectivity index (χ1v) is 8.70. The van der Waals surface area contributed by atoms with Crippen LogP contribution in [-0.4, -0.2) is 15.0 Å². The van der Waals surface area contributed by atoms with Gasteiger partial charge in [0.1, 0.15) is 4.21 Å². The van der Waals surface area contributed by atoms with Gasteiger partial charge in [-0.3, -0.25) is 4.72 Å². The molecule has 2 N–H and O–H groups in total. The summed E-state index contributed by atoms with van der Waals surface area (Å²) in [5, 5.41) is 3.18. The average molecular weight is 310 g/mol. The topological polar surface area (TPSA) is 58.2 Å². The predicted octanol–water partition coefficient (Wildman–Crippen LogP) is 2.97. The molecule has 0 fully saturated rings. The van der Waals surface area contributed by atoms with E-state index in [1.165, 1.54) is 11.3 Å². The first-order valence-electron chi connectivity index (χ1n) is 6.40. The van der Waals surface area contributed by atoms with Crippen molar-refractivity contribution in [1.82, 2.24) is 5.32 Å². The van der Waals surface area contributed by atoms with Gasteiger partial charge in [0.05, 0.1) is 0 Å². The Labute approximate surface area is 123 Å². The summed E-state index contributed by atoms with van der Waals surface area (Å²) in [5.74, 6) is 0. The number of nitrogens with one attached hydrogen (secondary N) is 2. The number of aryl methyl sites for hydroxylation is 1. The van der Waals surface area contributed by atoms with Crippen LogP contribution in [0.15, 0.2) is 40.6 Å². The van der Waals surface area contributed by atoms with Crippen molar-refractivity contribution in [1.29, 1.82) is 0 Å². The minimum Gasteiger partial charge on any atom is -0.312 e. The van der Waals surface area contributed by atoms with Gasteiger partial charge in [0.2, 0.25) is 0 Å². The van der Waals surface area contributed by atoms with Gasteiger partial charge < -0.3 is 5.32 Å². The highest BCUT2D eigenvalue weighted by Crippen LogP contribution is 2.24. The zero-order valence-electron chi connectivity index (χ0n) is 11.5. The highest BCUT2D eigenvalue weighted by molar-refractivity contribution is 7.94. The maximum absolute atomic E-state index is 12.3. The number of anilines is 1. The summed E-state index contributed by atoms with van der Waals surface area (Å²) in [7, 11) is -3.49. The lowest BCUT2D eigenvalue weighted by Gasteiger charge is -2.06. The lowest BCUT2D eigenvalue weighted by molar-refractivity contribution is 0.603. The van der Waals surface area contributed by atoms with Crippen molar-refractivity contribution in [2.45, 2.75) is 24.6 Å². The third kappa shape index (κ3) is 3.82. The van der Waals surface area contributed by atoms with Gasteiger partial charge >= 0.3 is 0 Å². The van der Waals surface area contributed by atoms with E-state index in [9.17, 15) is 8.42 Å². The van der Waals surface area contributed by atoms with Crippen LogP contribution in [0.4, 0.5) is 5.69 Å². The molecule has 0 spiro atoms. The molecule has 0 amide bonds.